The summed E-state index contributed by atoms with van der Waals surface area (Å²) in [6, 6.07) is -0.385. The number of ketones is 1. The lowest BCUT2D eigenvalue weighted by molar-refractivity contribution is -0.130. The Balaban J connectivity index is 1.98. The Morgan fingerprint density at radius 3 is 1.36 bits per heavy atom. The van der Waals surface area contributed by atoms with Crippen LogP contribution in [-0.2, 0) is 4.79 Å². The van der Waals surface area contributed by atoms with Gasteiger partial charge in [0.2, 0.25) is 0 Å². The van der Waals surface area contributed by atoms with Gasteiger partial charge in [0, 0.05) is 65.4 Å². The molecule has 4 N–H and O–H groups in total. The highest BCUT2D eigenvalue weighted by Crippen LogP contribution is 2.12. The van der Waals surface area contributed by atoms with Gasteiger partial charge in [0.1, 0.15) is 0 Å². The summed E-state index contributed by atoms with van der Waals surface area (Å²) in [6.45, 7) is 8.36. The molecule has 0 radical (unpaired) electrons. The molecule has 2 rings (SSSR count). The third-order valence-electron chi connectivity index (χ3n) is 5.06. The third-order valence-corrected chi connectivity index (χ3v) is 5.06. The number of Topliss-reactive ketones (excluding diaryl/α,β-unsaturated/α-hetero) is 1. The van der Waals surface area contributed by atoms with Gasteiger partial charge in [-0.3, -0.25) is 14.6 Å². The monoisotopic (exact) mass is 312 g/mol. The Hall–Kier alpha value is -0.570. The summed E-state index contributed by atoms with van der Waals surface area (Å²) in [5.74, 6) is 0.208. The van der Waals surface area contributed by atoms with Gasteiger partial charge in [0.15, 0.2) is 5.78 Å². The molecule has 2 aliphatic rings. The van der Waals surface area contributed by atoms with E-state index in [1.165, 1.54) is 0 Å². The summed E-state index contributed by atoms with van der Waals surface area (Å²) >= 11 is 0. The van der Waals surface area contributed by atoms with Crippen molar-refractivity contribution in [3.8, 4) is 0 Å². The van der Waals surface area contributed by atoms with E-state index in [-0.39, 0.29) is 17.9 Å². The molecule has 7 heteroatoms. The van der Waals surface area contributed by atoms with Crippen molar-refractivity contribution in [2.75, 3.05) is 79.5 Å². The first-order valence-corrected chi connectivity index (χ1v) is 8.36. The fourth-order valence-corrected chi connectivity index (χ4v) is 3.38. The van der Waals surface area contributed by atoms with E-state index < -0.39 is 0 Å². The maximum atomic E-state index is 13.0. The second kappa shape index (κ2) is 8.33. The lowest BCUT2D eigenvalue weighted by Gasteiger charge is -2.41. The molecule has 0 spiro atoms. The standard InChI is InChI=1S/C15H32N6O/c1-18-3-7-20(8-4-18)13(11-16)15(22)14(12-17)21-9-5-19(2)6-10-21/h13-14H,3-12,16-17H2,1-2H3. The zero-order valence-corrected chi connectivity index (χ0v) is 14.1. The fourth-order valence-electron chi connectivity index (χ4n) is 3.38. The number of nitrogens with two attached hydrogens (primary N) is 2. The van der Waals surface area contributed by atoms with Crippen LogP contribution in [0.2, 0.25) is 0 Å². The fraction of sp³-hybridized carbons (Fsp3) is 0.933. The number of rotatable bonds is 6. The van der Waals surface area contributed by atoms with Crippen molar-refractivity contribution in [1.82, 2.24) is 19.6 Å². The van der Waals surface area contributed by atoms with Crippen molar-refractivity contribution in [2.45, 2.75) is 12.1 Å². The average Bonchev–Trinajstić information content (AvgIpc) is 2.52. The molecule has 2 atom stereocenters. The van der Waals surface area contributed by atoms with Crippen LogP contribution in [-0.4, -0.2) is 117 Å². The zero-order valence-electron chi connectivity index (χ0n) is 14.1. The van der Waals surface area contributed by atoms with Crippen molar-refractivity contribution in [3.63, 3.8) is 0 Å². The second-order valence-corrected chi connectivity index (χ2v) is 6.58. The topological polar surface area (TPSA) is 82.1 Å². The van der Waals surface area contributed by atoms with Gasteiger partial charge >= 0.3 is 0 Å². The number of carbonyl (C=O) groups excluding carboxylic acids is 1. The first-order chi connectivity index (χ1) is 10.6. The van der Waals surface area contributed by atoms with E-state index in [2.05, 4.69) is 33.7 Å². The van der Waals surface area contributed by atoms with Crippen LogP contribution in [0.15, 0.2) is 0 Å². The van der Waals surface area contributed by atoms with Gasteiger partial charge in [-0.1, -0.05) is 0 Å². The molecule has 2 saturated heterocycles. The molecule has 128 valence electrons. The van der Waals surface area contributed by atoms with Gasteiger partial charge in [-0.05, 0) is 14.1 Å². The number of likely N-dealkylation sites (N-methyl/N-ethyl adjacent to an activating group) is 2. The predicted molar refractivity (Wildman–Crippen MR) is 88.8 cm³/mol. The van der Waals surface area contributed by atoms with Crippen LogP contribution in [0.3, 0.4) is 0 Å². The summed E-state index contributed by atoms with van der Waals surface area (Å²) < 4.78 is 0. The number of piperazine rings is 2. The second-order valence-electron chi connectivity index (χ2n) is 6.58. The van der Waals surface area contributed by atoms with Crippen LogP contribution in [0, 0.1) is 0 Å². The average molecular weight is 312 g/mol. The van der Waals surface area contributed by atoms with Crippen LogP contribution in [0.25, 0.3) is 0 Å². The Morgan fingerprint density at radius 2 is 1.09 bits per heavy atom. The van der Waals surface area contributed by atoms with Crippen molar-refractivity contribution in [3.05, 3.63) is 0 Å². The number of nitrogens with zero attached hydrogens (tertiary/aromatic N) is 4. The lowest BCUT2D eigenvalue weighted by atomic mass is 10.0. The highest BCUT2D eigenvalue weighted by molar-refractivity contribution is 5.89. The molecule has 7 nitrogen and oxygen atoms in total. The Kier molecular flexibility index (Phi) is 6.73. The molecular weight excluding hydrogens is 280 g/mol. The number of hydrogen-bond donors (Lipinski definition) is 2. The van der Waals surface area contributed by atoms with Crippen LogP contribution >= 0.6 is 0 Å². The SMILES string of the molecule is CN1CCN(C(CN)C(=O)C(CN)N2CCN(C)CC2)CC1. The van der Waals surface area contributed by atoms with Crippen molar-refractivity contribution in [2.24, 2.45) is 11.5 Å². The summed E-state index contributed by atoms with van der Waals surface area (Å²) in [5, 5.41) is 0. The summed E-state index contributed by atoms with van der Waals surface area (Å²) in [7, 11) is 4.23. The molecule has 2 unspecified atom stereocenters. The third kappa shape index (κ3) is 4.24. The largest absolute Gasteiger partial charge is 0.328 e. The maximum absolute atomic E-state index is 13.0. The van der Waals surface area contributed by atoms with Crippen LogP contribution < -0.4 is 11.5 Å². The summed E-state index contributed by atoms with van der Waals surface area (Å²) in [4.78, 5) is 22.0. The minimum atomic E-state index is -0.193. The van der Waals surface area contributed by atoms with E-state index in [0.29, 0.717) is 13.1 Å². The van der Waals surface area contributed by atoms with E-state index in [4.69, 9.17) is 11.5 Å². The van der Waals surface area contributed by atoms with Gasteiger partial charge in [-0.15, -0.1) is 0 Å². The summed E-state index contributed by atoms with van der Waals surface area (Å²) in [6.07, 6.45) is 0. The molecule has 22 heavy (non-hydrogen) atoms. The lowest BCUT2D eigenvalue weighted by Crippen LogP contribution is -2.61. The highest BCUT2D eigenvalue weighted by atomic mass is 16.1. The Bertz CT molecular complexity index is 318. The van der Waals surface area contributed by atoms with Crippen molar-refractivity contribution < 1.29 is 4.79 Å². The van der Waals surface area contributed by atoms with E-state index in [1.54, 1.807) is 0 Å². The number of carbonyl (C=O) groups is 1. The van der Waals surface area contributed by atoms with Crippen LogP contribution in [0.1, 0.15) is 0 Å². The quantitative estimate of drug-likeness (QED) is 0.571. The molecule has 0 aliphatic carbocycles. The molecular formula is C15H32N6O. The van der Waals surface area contributed by atoms with E-state index in [0.717, 1.165) is 52.4 Å². The van der Waals surface area contributed by atoms with Crippen molar-refractivity contribution >= 4 is 5.78 Å². The van der Waals surface area contributed by atoms with Gasteiger partial charge in [-0.25, -0.2) is 0 Å². The normalized spacial score (nSPS) is 26.0. The molecule has 0 bridgehead atoms. The predicted octanol–water partition coefficient (Wildman–Crippen LogP) is -2.30. The number of hydrogen-bond acceptors (Lipinski definition) is 7. The van der Waals surface area contributed by atoms with Gasteiger partial charge in [-0.2, -0.15) is 0 Å². The van der Waals surface area contributed by atoms with Crippen LogP contribution in [0.5, 0.6) is 0 Å². The van der Waals surface area contributed by atoms with Gasteiger partial charge in [0.05, 0.1) is 12.1 Å². The maximum Gasteiger partial charge on any atom is 0.169 e. The molecule has 0 aromatic carbocycles. The van der Waals surface area contributed by atoms with Crippen LogP contribution in [0.4, 0.5) is 0 Å². The molecule has 2 heterocycles. The molecule has 0 aromatic heterocycles. The molecule has 2 aliphatic heterocycles. The molecule has 0 saturated carbocycles. The summed E-state index contributed by atoms with van der Waals surface area (Å²) in [5.41, 5.74) is 11.9. The Labute approximate surface area is 134 Å². The first-order valence-electron chi connectivity index (χ1n) is 8.36. The van der Waals surface area contributed by atoms with Gasteiger partial charge in [0.25, 0.3) is 0 Å². The first kappa shape index (κ1) is 17.8. The highest BCUT2D eigenvalue weighted by Gasteiger charge is 2.35. The zero-order chi connectivity index (χ0) is 16.1. The Morgan fingerprint density at radius 1 is 0.773 bits per heavy atom. The molecule has 2 fully saturated rings. The smallest absolute Gasteiger partial charge is 0.169 e. The minimum Gasteiger partial charge on any atom is -0.328 e. The molecule has 0 aromatic rings. The van der Waals surface area contributed by atoms with E-state index in [9.17, 15) is 4.79 Å². The van der Waals surface area contributed by atoms with E-state index in [1.807, 2.05) is 0 Å². The molecule has 0 amide bonds. The minimum absolute atomic E-state index is 0.193. The van der Waals surface area contributed by atoms with E-state index >= 15 is 0 Å². The van der Waals surface area contributed by atoms with Crippen molar-refractivity contribution in [1.29, 1.82) is 0 Å². The van der Waals surface area contributed by atoms with Gasteiger partial charge < -0.3 is 21.3 Å².